The van der Waals surface area contributed by atoms with Crippen LogP contribution in [0.15, 0.2) is 61.0 Å². The second-order valence-corrected chi connectivity index (χ2v) is 4.19. The standard InChI is InChI=1S/C16H17N3/c1-4-6-7-13(5-2)19-14-8-9-15-16(10-14)18-12(3)11-17-15/h4-11,19H,2H2,1,3H3/b6-4-,13-7+. The van der Waals surface area contributed by atoms with E-state index in [9.17, 15) is 0 Å². The van der Waals surface area contributed by atoms with E-state index in [0.29, 0.717) is 0 Å². The molecule has 0 aliphatic carbocycles. The number of fused-ring (bicyclic) bond motifs is 1. The summed E-state index contributed by atoms with van der Waals surface area (Å²) in [6.45, 7) is 7.71. The third kappa shape index (κ3) is 3.28. The van der Waals surface area contributed by atoms with Gasteiger partial charge in [-0.15, -0.1) is 0 Å². The minimum absolute atomic E-state index is 0.888. The maximum Gasteiger partial charge on any atom is 0.0910 e. The summed E-state index contributed by atoms with van der Waals surface area (Å²) in [5.41, 5.74) is 4.62. The van der Waals surface area contributed by atoms with E-state index in [4.69, 9.17) is 0 Å². The molecule has 3 heteroatoms. The predicted octanol–water partition coefficient (Wildman–Crippen LogP) is 4.00. The van der Waals surface area contributed by atoms with E-state index in [1.807, 2.05) is 50.3 Å². The minimum atomic E-state index is 0.888. The molecule has 0 bridgehead atoms. The van der Waals surface area contributed by atoms with Crippen LogP contribution in [0, 0.1) is 6.92 Å². The van der Waals surface area contributed by atoms with Crippen molar-refractivity contribution in [3.63, 3.8) is 0 Å². The monoisotopic (exact) mass is 251 g/mol. The molecule has 0 radical (unpaired) electrons. The van der Waals surface area contributed by atoms with Crippen molar-refractivity contribution >= 4 is 16.7 Å². The van der Waals surface area contributed by atoms with Crippen molar-refractivity contribution in [1.29, 1.82) is 0 Å². The Morgan fingerprint density at radius 3 is 2.89 bits per heavy atom. The molecule has 0 amide bonds. The first-order valence-electron chi connectivity index (χ1n) is 6.19. The second kappa shape index (κ2) is 5.96. The lowest BCUT2D eigenvalue weighted by molar-refractivity contribution is 1.18. The van der Waals surface area contributed by atoms with Crippen LogP contribution < -0.4 is 5.32 Å². The first-order valence-corrected chi connectivity index (χ1v) is 6.19. The Morgan fingerprint density at radius 1 is 1.32 bits per heavy atom. The van der Waals surface area contributed by atoms with E-state index < -0.39 is 0 Å². The van der Waals surface area contributed by atoms with Crippen molar-refractivity contribution in [3.05, 3.63) is 66.7 Å². The highest BCUT2D eigenvalue weighted by molar-refractivity contribution is 5.79. The SMILES string of the molecule is C=C/C(=C\C=C/C)Nc1ccc2ncc(C)nc2c1. The van der Waals surface area contributed by atoms with E-state index >= 15 is 0 Å². The Morgan fingerprint density at radius 2 is 2.16 bits per heavy atom. The molecule has 1 N–H and O–H groups in total. The number of aryl methyl sites for hydroxylation is 1. The molecule has 3 nitrogen and oxygen atoms in total. The zero-order valence-corrected chi connectivity index (χ0v) is 11.2. The lowest BCUT2D eigenvalue weighted by Crippen LogP contribution is -1.97. The average Bonchev–Trinajstić information content (AvgIpc) is 2.43. The maximum atomic E-state index is 4.47. The number of nitrogens with zero attached hydrogens (tertiary/aromatic N) is 2. The quantitative estimate of drug-likeness (QED) is 0.835. The highest BCUT2D eigenvalue weighted by Crippen LogP contribution is 2.17. The Hall–Kier alpha value is -2.42. The smallest absolute Gasteiger partial charge is 0.0910 e. The van der Waals surface area contributed by atoms with Gasteiger partial charge < -0.3 is 5.32 Å². The molecule has 0 saturated heterocycles. The summed E-state index contributed by atoms with van der Waals surface area (Å²) in [5, 5.41) is 3.30. The lowest BCUT2D eigenvalue weighted by Gasteiger charge is -2.07. The van der Waals surface area contributed by atoms with E-state index in [0.717, 1.165) is 28.1 Å². The highest BCUT2D eigenvalue weighted by atomic mass is 14.9. The minimum Gasteiger partial charge on any atom is -0.355 e. The molecule has 0 spiro atoms. The van der Waals surface area contributed by atoms with E-state index in [1.165, 1.54) is 0 Å². The third-order valence-electron chi connectivity index (χ3n) is 2.64. The molecule has 96 valence electrons. The fraction of sp³-hybridized carbons (Fsp3) is 0.125. The van der Waals surface area contributed by atoms with E-state index in [1.54, 1.807) is 12.3 Å². The Bertz CT molecular complexity index is 654. The fourth-order valence-electron chi connectivity index (χ4n) is 1.71. The number of rotatable bonds is 4. The van der Waals surface area contributed by atoms with Crippen LogP contribution in [0.5, 0.6) is 0 Å². The topological polar surface area (TPSA) is 37.8 Å². The Labute approximate surface area is 113 Å². The van der Waals surface area contributed by atoms with Gasteiger partial charge in [0, 0.05) is 17.6 Å². The van der Waals surface area contributed by atoms with E-state index in [-0.39, 0.29) is 0 Å². The zero-order valence-electron chi connectivity index (χ0n) is 11.2. The highest BCUT2D eigenvalue weighted by Gasteiger charge is 2.00. The number of allylic oxidation sites excluding steroid dienone is 4. The number of anilines is 1. The van der Waals surface area contributed by atoms with Crippen LogP contribution in [0.1, 0.15) is 12.6 Å². The molecule has 1 aromatic heterocycles. The van der Waals surface area contributed by atoms with Crippen LogP contribution in [0.4, 0.5) is 5.69 Å². The number of aromatic nitrogens is 2. The van der Waals surface area contributed by atoms with Gasteiger partial charge in [-0.2, -0.15) is 0 Å². The Balaban J connectivity index is 2.32. The van der Waals surface area contributed by atoms with Gasteiger partial charge >= 0.3 is 0 Å². The largest absolute Gasteiger partial charge is 0.355 e. The number of benzene rings is 1. The number of hydrogen-bond acceptors (Lipinski definition) is 3. The van der Waals surface area contributed by atoms with Gasteiger partial charge in [-0.05, 0) is 44.2 Å². The van der Waals surface area contributed by atoms with Gasteiger partial charge in [0.1, 0.15) is 0 Å². The van der Waals surface area contributed by atoms with Gasteiger partial charge in [-0.3, -0.25) is 4.98 Å². The average molecular weight is 251 g/mol. The van der Waals surface area contributed by atoms with Crippen LogP contribution in [0.25, 0.3) is 11.0 Å². The molecular weight excluding hydrogens is 234 g/mol. The van der Waals surface area contributed by atoms with Crippen molar-refractivity contribution < 1.29 is 0 Å². The molecule has 0 unspecified atom stereocenters. The van der Waals surface area contributed by atoms with Crippen molar-refractivity contribution in [1.82, 2.24) is 9.97 Å². The molecule has 1 heterocycles. The van der Waals surface area contributed by atoms with Crippen molar-refractivity contribution in [2.45, 2.75) is 13.8 Å². The summed E-state index contributed by atoms with van der Waals surface area (Å²) >= 11 is 0. The molecule has 0 aliphatic rings. The van der Waals surface area contributed by atoms with Crippen LogP contribution >= 0.6 is 0 Å². The van der Waals surface area contributed by atoms with E-state index in [2.05, 4.69) is 21.9 Å². The van der Waals surface area contributed by atoms with Gasteiger partial charge in [0.05, 0.1) is 16.7 Å². The van der Waals surface area contributed by atoms with Crippen molar-refractivity contribution in [2.24, 2.45) is 0 Å². The third-order valence-corrected chi connectivity index (χ3v) is 2.64. The predicted molar refractivity (Wildman–Crippen MR) is 81.0 cm³/mol. The van der Waals surface area contributed by atoms with Gasteiger partial charge in [0.25, 0.3) is 0 Å². The summed E-state index contributed by atoms with van der Waals surface area (Å²) < 4.78 is 0. The molecule has 0 saturated carbocycles. The van der Waals surface area contributed by atoms with Crippen LogP contribution in [0.3, 0.4) is 0 Å². The molecule has 0 atom stereocenters. The molecule has 2 aromatic rings. The molecule has 0 fully saturated rings. The van der Waals surface area contributed by atoms with Gasteiger partial charge in [-0.1, -0.05) is 18.7 Å². The summed E-state index contributed by atoms with van der Waals surface area (Å²) in [5.74, 6) is 0. The van der Waals surface area contributed by atoms with Crippen molar-refractivity contribution in [2.75, 3.05) is 5.32 Å². The molecule has 2 rings (SSSR count). The molecular formula is C16H17N3. The second-order valence-electron chi connectivity index (χ2n) is 4.19. The summed E-state index contributed by atoms with van der Waals surface area (Å²) in [6, 6.07) is 5.93. The van der Waals surface area contributed by atoms with Gasteiger partial charge in [0.15, 0.2) is 0 Å². The number of hydrogen-bond donors (Lipinski definition) is 1. The maximum absolute atomic E-state index is 4.47. The molecule has 0 aliphatic heterocycles. The lowest BCUT2D eigenvalue weighted by atomic mass is 10.2. The number of nitrogens with one attached hydrogen (secondary N) is 1. The van der Waals surface area contributed by atoms with Crippen LogP contribution in [0.2, 0.25) is 0 Å². The van der Waals surface area contributed by atoms with Gasteiger partial charge in [0.2, 0.25) is 0 Å². The molecule has 1 aromatic carbocycles. The summed E-state index contributed by atoms with van der Waals surface area (Å²) in [4.78, 5) is 8.80. The van der Waals surface area contributed by atoms with Crippen LogP contribution in [-0.2, 0) is 0 Å². The first-order chi connectivity index (χ1) is 9.22. The molecule has 19 heavy (non-hydrogen) atoms. The fourth-order valence-corrected chi connectivity index (χ4v) is 1.71. The summed E-state index contributed by atoms with van der Waals surface area (Å²) in [7, 11) is 0. The van der Waals surface area contributed by atoms with Crippen molar-refractivity contribution in [3.8, 4) is 0 Å². The summed E-state index contributed by atoms with van der Waals surface area (Å²) in [6.07, 6.45) is 9.47. The Kier molecular flexibility index (Phi) is 4.08. The normalized spacial score (nSPS) is 12.0. The van der Waals surface area contributed by atoms with Crippen LogP contribution in [-0.4, -0.2) is 9.97 Å². The zero-order chi connectivity index (χ0) is 13.7. The first kappa shape index (κ1) is 13.0. The van der Waals surface area contributed by atoms with Gasteiger partial charge in [-0.25, -0.2) is 4.98 Å².